The van der Waals surface area contributed by atoms with E-state index in [1.54, 1.807) is 30.3 Å². The molecular formula is C25H23Cl3N4O. The van der Waals surface area contributed by atoms with Crippen molar-refractivity contribution in [2.45, 2.75) is 44.1 Å². The Morgan fingerprint density at radius 2 is 1.42 bits per heavy atom. The van der Waals surface area contributed by atoms with Crippen molar-refractivity contribution >= 4 is 40.8 Å². The fourth-order valence-electron chi connectivity index (χ4n) is 6.60. The molecule has 4 saturated carbocycles. The highest BCUT2D eigenvalue weighted by Crippen LogP contribution is 2.55. The maximum absolute atomic E-state index is 13.4. The summed E-state index contributed by atoms with van der Waals surface area (Å²) in [6, 6.07) is 12.2. The summed E-state index contributed by atoms with van der Waals surface area (Å²) in [5, 5.41) is 14.2. The third-order valence-corrected chi connectivity index (χ3v) is 8.31. The lowest BCUT2D eigenvalue weighted by Crippen LogP contribution is -2.60. The van der Waals surface area contributed by atoms with E-state index in [-0.39, 0.29) is 11.6 Å². The van der Waals surface area contributed by atoms with Crippen LogP contribution in [0, 0.1) is 17.8 Å². The van der Waals surface area contributed by atoms with Crippen molar-refractivity contribution in [1.29, 1.82) is 0 Å². The molecule has 1 amide bonds. The summed E-state index contributed by atoms with van der Waals surface area (Å²) >= 11 is 18.7. The van der Waals surface area contributed by atoms with E-state index in [4.69, 9.17) is 34.8 Å². The van der Waals surface area contributed by atoms with Gasteiger partial charge in [-0.2, -0.15) is 0 Å². The second kappa shape index (κ2) is 8.00. The second-order valence-corrected chi connectivity index (χ2v) is 11.2. The molecule has 0 unspecified atom stereocenters. The molecule has 8 heteroatoms. The maximum atomic E-state index is 13.4. The van der Waals surface area contributed by atoms with Gasteiger partial charge in [0.05, 0.1) is 5.02 Å². The Balaban J connectivity index is 1.37. The van der Waals surface area contributed by atoms with Crippen molar-refractivity contribution in [3.05, 3.63) is 57.5 Å². The Bertz CT molecular complexity index is 1200. The fourth-order valence-corrected chi connectivity index (χ4v) is 7.23. The summed E-state index contributed by atoms with van der Waals surface area (Å²) in [7, 11) is 0. The van der Waals surface area contributed by atoms with Crippen LogP contribution in [-0.2, 0) is 0 Å². The number of hydrogen-bond donors (Lipinski definition) is 1. The van der Waals surface area contributed by atoms with E-state index in [9.17, 15) is 4.79 Å². The topological polar surface area (TPSA) is 59.8 Å². The maximum Gasteiger partial charge on any atom is 0.359 e. The van der Waals surface area contributed by atoms with Crippen molar-refractivity contribution in [3.8, 4) is 22.5 Å². The highest BCUT2D eigenvalue weighted by molar-refractivity contribution is 6.36. The first kappa shape index (κ1) is 21.5. The van der Waals surface area contributed by atoms with Gasteiger partial charge in [-0.1, -0.05) is 51.7 Å². The molecule has 0 saturated heterocycles. The van der Waals surface area contributed by atoms with Gasteiger partial charge in [0.15, 0.2) is 0 Å². The quantitative estimate of drug-likeness (QED) is 0.416. The summed E-state index contributed by atoms with van der Waals surface area (Å²) in [6.45, 7) is 0. The molecule has 0 spiro atoms. The van der Waals surface area contributed by atoms with Crippen LogP contribution < -0.4 is 5.32 Å². The molecule has 5 nitrogen and oxygen atoms in total. The molecule has 2 aromatic carbocycles. The molecule has 4 bridgehead atoms. The number of rotatable bonds is 3. The highest BCUT2D eigenvalue weighted by Gasteiger charge is 2.51. The van der Waals surface area contributed by atoms with Crippen LogP contribution in [0.5, 0.6) is 0 Å². The number of amides is 1. The SMILES string of the molecule is O=C(NC12CC3CC(CC(C3)C1)C2)n1nc(-c2ccc(Cl)cc2)c(-c2ccc(Cl)cc2Cl)n1. The molecule has 7 rings (SSSR count). The van der Waals surface area contributed by atoms with Gasteiger partial charge in [0.25, 0.3) is 0 Å². The first-order valence-electron chi connectivity index (χ1n) is 11.4. The van der Waals surface area contributed by atoms with Gasteiger partial charge in [0.2, 0.25) is 0 Å². The minimum absolute atomic E-state index is 0.127. The summed E-state index contributed by atoms with van der Waals surface area (Å²) in [6.07, 6.45) is 7.13. The standard InChI is InChI=1S/C25H23Cl3N4O/c26-18-3-1-17(2-4-18)22-23(20-6-5-19(27)10-21(20)28)31-32(30-22)24(33)29-25-11-14-7-15(12-25)9-16(8-14)13-25/h1-6,10,14-16H,7-9,11-13H2,(H,29,33). The van der Waals surface area contributed by atoms with E-state index >= 15 is 0 Å². The number of carbonyl (C=O) groups is 1. The molecule has 0 aliphatic heterocycles. The van der Waals surface area contributed by atoms with Crippen molar-refractivity contribution in [2.75, 3.05) is 0 Å². The summed E-state index contributed by atoms with van der Waals surface area (Å²) < 4.78 is 0. The molecule has 4 fully saturated rings. The Morgan fingerprint density at radius 3 is 2.03 bits per heavy atom. The molecule has 0 radical (unpaired) electrons. The summed E-state index contributed by atoms with van der Waals surface area (Å²) in [5.41, 5.74) is 2.43. The third kappa shape index (κ3) is 3.94. The van der Waals surface area contributed by atoms with E-state index in [1.807, 2.05) is 12.1 Å². The van der Waals surface area contributed by atoms with Crippen LogP contribution in [0.1, 0.15) is 38.5 Å². The number of benzene rings is 2. The van der Waals surface area contributed by atoms with Crippen LogP contribution in [0.15, 0.2) is 42.5 Å². The predicted octanol–water partition coefficient (Wildman–Crippen LogP) is 7.10. The third-order valence-electron chi connectivity index (χ3n) is 7.51. The Kier molecular flexibility index (Phi) is 5.20. The largest absolute Gasteiger partial charge is 0.359 e. The van der Waals surface area contributed by atoms with Gasteiger partial charge in [-0.3, -0.25) is 0 Å². The zero-order valence-corrected chi connectivity index (χ0v) is 20.2. The average molecular weight is 502 g/mol. The van der Waals surface area contributed by atoms with E-state index < -0.39 is 0 Å². The Labute approximate surface area is 207 Å². The van der Waals surface area contributed by atoms with Crippen LogP contribution in [0.4, 0.5) is 4.79 Å². The van der Waals surface area contributed by atoms with E-state index in [2.05, 4.69) is 15.5 Å². The predicted molar refractivity (Wildman–Crippen MR) is 131 cm³/mol. The first-order valence-corrected chi connectivity index (χ1v) is 12.5. The van der Waals surface area contributed by atoms with E-state index in [0.29, 0.717) is 32.0 Å². The van der Waals surface area contributed by atoms with Crippen LogP contribution in [0.2, 0.25) is 15.1 Å². The second-order valence-electron chi connectivity index (χ2n) is 9.95. The molecule has 170 valence electrons. The lowest BCUT2D eigenvalue weighted by molar-refractivity contribution is -0.0138. The van der Waals surface area contributed by atoms with Crippen LogP contribution in [0.3, 0.4) is 0 Å². The summed E-state index contributed by atoms with van der Waals surface area (Å²) in [4.78, 5) is 14.6. The van der Waals surface area contributed by atoms with Gasteiger partial charge >= 0.3 is 6.03 Å². The van der Waals surface area contributed by atoms with E-state index in [1.165, 1.54) is 24.1 Å². The average Bonchev–Trinajstić information content (AvgIpc) is 3.18. The minimum Gasteiger partial charge on any atom is -0.329 e. The van der Waals surface area contributed by atoms with Crippen LogP contribution in [-0.4, -0.2) is 26.6 Å². The molecule has 0 atom stereocenters. The van der Waals surface area contributed by atoms with Gasteiger partial charge in [0, 0.05) is 26.7 Å². The fraction of sp³-hybridized carbons (Fsp3) is 0.400. The number of aromatic nitrogens is 3. The molecule has 4 aliphatic carbocycles. The van der Waals surface area contributed by atoms with Crippen molar-refractivity contribution in [3.63, 3.8) is 0 Å². The lowest BCUT2D eigenvalue weighted by Gasteiger charge is -2.56. The molecule has 1 heterocycles. The molecular weight excluding hydrogens is 479 g/mol. The van der Waals surface area contributed by atoms with Gasteiger partial charge in [-0.05, 0) is 86.6 Å². The Hall–Kier alpha value is -2.08. The number of halogens is 3. The Morgan fingerprint density at radius 1 is 0.848 bits per heavy atom. The number of nitrogens with one attached hydrogen (secondary N) is 1. The van der Waals surface area contributed by atoms with Gasteiger partial charge in [-0.15, -0.1) is 10.2 Å². The number of carbonyl (C=O) groups excluding carboxylic acids is 1. The van der Waals surface area contributed by atoms with Gasteiger partial charge < -0.3 is 5.32 Å². The molecule has 1 N–H and O–H groups in total. The number of hydrogen-bond acceptors (Lipinski definition) is 3. The zero-order valence-electron chi connectivity index (χ0n) is 17.9. The smallest absolute Gasteiger partial charge is 0.329 e. The summed E-state index contributed by atoms with van der Waals surface area (Å²) in [5.74, 6) is 2.19. The van der Waals surface area contributed by atoms with Crippen LogP contribution >= 0.6 is 34.8 Å². The number of nitrogens with zero attached hydrogens (tertiary/aromatic N) is 3. The molecule has 1 aromatic heterocycles. The van der Waals surface area contributed by atoms with E-state index in [0.717, 1.165) is 42.6 Å². The lowest BCUT2D eigenvalue weighted by atomic mass is 9.53. The monoisotopic (exact) mass is 500 g/mol. The normalized spacial score (nSPS) is 27.7. The zero-order chi connectivity index (χ0) is 22.7. The molecule has 4 aliphatic rings. The van der Waals surface area contributed by atoms with Crippen molar-refractivity contribution in [2.24, 2.45) is 17.8 Å². The molecule has 33 heavy (non-hydrogen) atoms. The molecule has 3 aromatic rings. The van der Waals surface area contributed by atoms with Gasteiger partial charge in [0.1, 0.15) is 11.4 Å². The van der Waals surface area contributed by atoms with Gasteiger partial charge in [-0.25, -0.2) is 4.79 Å². The van der Waals surface area contributed by atoms with Crippen molar-refractivity contribution in [1.82, 2.24) is 20.3 Å². The van der Waals surface area contributed by atoms with Crippen LogP contribution in [0.25, 0.3) is 22.5 Å². The minimum atomic E-state index is -0.288. The first-order chi connectivity index (χ1) is 15.9. The highest BCUT2D eigenvalue weighted by atomic mass is 35.5. The van der Waals surface area contributed by atoms with Crippen molar-refractivity contribution < 1.29 is 4.79 Å².